The number of aromatic nitrogens is 3. The van der Waals surface area contributed by atoms with Gasteiger partial charge in [0.2, 0.25) is 5.91 Å². The Morgan fingerprint density at radius 1 is 1.06 bits per heavy atom. The van der Waals surface area contributed by atoms with Crippen LogP contribution in [0.4, 0.5) is 18.9 Å². The average molecular weight is 479 g/mol. The topological polar surface area (TPSA) is 69.0 Å². The van der Waals surface area contributed by atoms with Crippen molar-refractivity contribution in [2.75, 3.05) is 11.1 Å². The lowest BCUT2D eigenvalue weighted by atomic mass is 9.87. The molecule has 0 aliphatic carbocycles. The van der Waals surface area contributed by atoms with Crippen LogP contribution in [0, 0.1) is 0 Å². The van der Waals surface area contributed by atoms with Crippen molar-refractivity contribution >= 4 is 23.4 Å². The number of nitrogens with zero attached hydrogens (tertiary/aromatic N) is 3. The predicted molar refractivity (Wildman–Crippen MR) is 121 cm³/mol. The summed E-state index contributed by atoms with van der Waals surface area (Å²) in [5.74, 6) is 0.562. The number of alkyl halides is 3. The Morgan fingerprint density at radius 2 is 1.73 bits per heavy atom. The van der Waals surface area contributed by atoms with E-state index in [9.17, 15) is 18.0 Å². The first-order valence-corrected chi connectivity index (χ1v) is 11.1. The molecule has 1 N–H and O–H groups in total. The van der Waals surface area contributed by atoms with Crippen LogP contribution in [0.3, 0.4) is 0 Å². The van der Waals surface area contributed by atoms with Gasteiger partial charge < -0.3 is 14.6 Å². The number of hydrogen-bond donors (Lipinski definition) is 1. The van der Waals surface area contributed by atoms with Gasteiger partial charge in [-0.2, -0.15) is 13.2 Å². The number of amides is 1. The Bertz CT molecular complexity index is 1110. The lowest BCUT2D eigenvalue weighted by Crippen LogP contribution is -2.18. The molecule has 3 aromatic rings. The number of halogens is 3. The van der Waals surface area contributed by atoms with Gasteiger partial charge in [-0.25, -0.2) is 0 Å². The van der Waals surface area contributed by atoms with E-state index in [2.05, 4.69) is 36.3 Å². The highest BCUT2D eigenvalue weighted by Crippen LogP contribution is 2.34. The number of anilines is 1. The smallest absolute Gasteiger partial charge is 0.418 e. The van der Waals surface area contributed by atoms with Gasteiger partial charge in [-0.1, -0.05) is 56.8 Å². The molecular weight excluding hydrogens is 453 g/mol. The molecule has 0 atom stereocenters. The number of nitrogens with one attached hydrogen (secondary N) is 1. The Kier molecular flexibility index (Phi) is 7.36. The highest BCUT2D eigenvalue weighted by molar-refractivity contribution is 7.99. The Morgan fingerprint density at radius 3 is 2.36 bits per heavy atom. The average Bonchev–Trinajstić information content (AvgIpc) is 3.09. The van der Waals surface area contributed by atoms with Crippen LogP contribution in [-0.4, -0.2) is 26.4 Å². The van der Waals surface area contributed by atoms with Crippen LogP contribution in [0.5, 0.6) is 5.75 Å². The molecule has 1 aromatic heterocycles. The molecule has 0 radical (unpaired) electrons. The summed E-state index contributed by atoms with van der Waals surface area (Å²) in [5, 5.41) is 10.9. The zero-order valence-corrected chi connectivity index (χ0v) is 19.5. The van der Waals surface area contributed by atoms with Crippen LogP contribution in [0.25, 0.3) is 0 Å². The molecule has 0 saturated heterocycles. The van der Waals surface area contributed by atoms with E-state index in [1.165, 1.54) is 23.8 Å². The van der Waals surface area contributed by atoms with E-state index in [1.807, 2.05) is 24.3 Å². The van der Waals surface area contributed by atoms with E-state index in [-0.39, 0.29) is 23.5 Å². The molecular formula is C23H25F3N4O2S. The minimum absolute atomic E-state index is 0.0510. The molecule has 0 aliphatic heterocycles. The van der Waals surface area contributed by atoms with Gasteiger partial charge in [0.25, 0.3) is 0 Å². The first-order chi connectivity index (χ1) is 15.4. The first kappa shape index (κ1) is 24.6. The van der Waals surface area contributed by atoms with Crippen LogP contribution in [-0.2, 0) is 30.0 Å². The molecule has 0 bridgehead atoms. The number of carbonyl (C=O) groups excluding carboxylic acids is 1. The molecule has 0 saturated carbocycles. The third kappa shape index (κ3) is 6.50. The van der Waals surface area contributed by atoms with Crippen molar-refractivity contribution in [1.29, 1.82) is 0 Å². The SMILES string of the molecule is Cn1c(COc2ccc(C(C)(C)C)cc2)nnc1SCC(=O)Nc1ccccc1C(F)(F)F. The Hall–Kier alpha value is -3.01. The molecule has 2 aromatic carbocycles. The number of hydrogen-bond acceptors (Lipinski definition) is 5. The number of ether oxygens (including phenoxy) is 1. The fraction of sp³-hybridized carbons (Fsp3) is 0.348. The lowest BCUT2D eigenvalue weighted by molar-refractivity contribution is -0.137. The largest absolute Gasteiger partial charge is 0.486 e. The number of rotatable bonds is 7. The predicted octanol–water partition coefficient (Wildman–Crippen LogP) is 5.44. The number of thioether (sulfide) groups is 1. The summed E-state index contributed by atoms with van der Waals surface area (Å²) in [4.78, 5) is 12.2. The van der Waals surface area contributed by atoms with E-state index in [0.717, 1.165) is 17.8 Å². The maximum atomic E-state index is 13.1. The minimum atomic E-state index is -4.55. The quantitative estimate of drug-likeness (QED) is 0.458. The van der Waals surface area contributed by atoms with E-state index in [1.54, 1.807) is 11.6 Å². The van der Waals surface area contributed by atoms with E-state index < -0.39 is 17.6 Å². The molecule has 0 unspecified atom stereocenters. The van der Waals surface area contributed by atoms with E-state index in [4.69, 9.17) is 4.74 Å². The monoisotopic (exact) mass is 478 g/mol. The van der Waals surface area contributed by atoms with Crippen LogP contribution >= 0.6 is 11.8 Å². The molecule has 0 aliphatic rings. The zero-order valence-electron chi connectivity index (χ0n) is 18.7. The fourth-order valence-electron chi connectivity index (χ4n) is 2.95. The summed E-state index contributed by atoms with van der Waals surface area (Å²) in [6, 6.07) is 12.7. The van der Waals surface area contributed by atoms with E-state index in [0.29, 0.717) is 16.7 Å². The van der Waals surface area contributed by atoms with Crippen molar-refractivity contribution in [1.82, 2.24) is 14.8 Å². The Labute approximate surface area is 194 Å². The normalized spacial score (nSPS) is 12.0. The van der Waals surface area contributed by atoms with Gasteiger partial charge in [0.05, 0.1) is 17.0 Å². The minimum Gasteiger partial charge on any atom is -0.486 e. The molecule has 1 amide bonds. The maximum absolute atomic E-state index is 13.1. The molecule has 6 nitrogen and oxygen atoms in total. The number of para-hydroxylation sites is 1. The molecule has 0 spiro atoms. The summed E-state index contributed by atoms with van der Waals surface area (Å²) in [6.45, 7) is 6.59. The van der Waals surface area contributed by atoms with Crippen LogP contribution in [0.15, 0.2) is 53.7 Å². The van der Waals surface area contributed by atoms with Crippen molar-refractivity contribution < 1.29 is 22.7 Å². The summed E-state index contributed by atoms with van der Waals surface area (Å²) in [5.41, 5.74) is 0.0791. The molecule has 3 rings (SSSR count). The third-order valence-corrected chi connectivity index (χ3v) is 5.87. The van der Waals surface area contributed by atoms with Gasteiger partial charge in [-0.15, -0.1) is 10.2 Å². The summed E-state index contributed by atoms with van der Waals surface area (Å²) >= 11 is 1.08. The zero-order chi connectivity index (χ0) is 24.2. The fourth-order valence-corrected chi connectivity index (χ4v) is 3.68. The summed E-state index contributed by atoms with van der Waals surface area (Å²) < 4.78 is 46.7. The molecule has 0 fully saturated rings. The Balaban J connectivity index is 1.56. The van der Waals surface area contributed by atoms with Gasteiger partial charge in [-0.05, 0) is 35.2 Å². The van der Waals surface area contributed by atoms with Gasteiger partial charge in [-0.3, -0.25) is 4.79 Å². The van der Waals surface area contributed by atoms with Crippen molar-refractivity contribution in [2.45, 2.75) is 44.1 Å². The first-order valence-electron chi connectivity index (χ1n) is 10.2. The van der Waals surface area contributed by atoms with Crippen LogP contribution < -0.4 is 10.1 Å². The summed E-state index contributed by atoms with van der Waals surface area (Å²) in [6.07, 6.45) is -4.55. The van der Waals surface area contributed by atoms with Crippen LogP contribution in [0.2, 0.25) is 0 Å². The summed E-state index contributed by atoms with van der Waals surface area (Å²) in [7, 11) is 1.74. The van der Waals surface area contributed by atoms with Crippen molar-refractivity contribution in [3.8, 4) is 5.75 Å². The highest BCUT2D eigenvalue weighted by Gasteiger charge is 2.33. The highest BCUT2D eigenvalue weighted by atomic mass is 32.2. The molecule has 1 heterocycles. The van der Waals surface area contributed by atoms with Crippen molar-refractivity contribution in [3.63, 3.8) is 0 Å². The molecule has 10 heteroatoms. The van der Waals surface area contributed by atoms with Gasteiger partial charge >= 0.3 is 6.18 Å². The third-order valence-electron chi connectivity index (χ3n) is 4.85. The van der Waals surface area contributed by atoms with Crippen molar-refractivity contribution in [3.05, 3.63) is 65.5 Å². The second kappa shape index (κ2) is 9.86. The maximum Gasteiger partial charge on any atom is 0.418 e. The number of carbonyl (C=O) groups is 1. The van der Waals surface area contributed by atoms with Crippen LogP contribution in [0.1, 0.15) is 37.7 Å². The molecule has 33 heavy (non-hydrogen) atoms. The second-order valence-corrected chi connectivity index (χ2v) is 9.34. The standard InChI is InChI=1S/C23H25F3N4O2S/c1-22(2,3)15-9-11-16(12-10-15)32-13-19-28-29-21(30(19)4)33-14-20(31)27-18-8-6-5-7-17(18)23(24,25)26/h5-12H,13-14H2,1-4H3,(H,27,31). The van der Waals surface area contributed by atoms with Gasteiger partial charge in [0.15, 0.2) is 11.0 Å². The van der Waals surface area contributed by atoms with E-state index >= 15 is 0 Å². The number of benzene rings is 2. The molecule has 176 valence electrons. The second-order valence-electron chi connectivity index (χ2n) is 8.40. The van der Waals surface area contributed by atoms with Gasteiger partial charge in [0, 0.05) is 7.05 Å². The van der Waals surface area contributed by atoms with Gasteiger partial charge in [0.1, 0.15) is 12.4 Å². The van der Waals surface area contributed by atoms with Crippen molar-refractivity contribution in [2.24, 2.45) is 7.05 Å². The lowest BCUT2D eigenvalue weighted by Gasteiger charge is -2.19.